The lowest BCUT2D eigenvalue weighted by atomic mass is 9.80. The first-order valence-electron chi connectivity index (χ1n) is 5.53. The lowest BCUT2D eigenvalue weighted by molar-refractivity contribution is -0.137. The molecule has 0 spiro atoms. The van der Waals surface area contributed by atoms with Crippen molar-refractivity contribution in [3.63, 3.8) is 0 Å². The van der Waals surface area contributed by atoms with Crippen molar-refractivity contribution in [3.05, 3.63) is 29.8 Å². The average Bonchev–Trinajstić information content (AvgIpc) is 2.23. The number of halogens is 3. The number of hydrogen-bond acceptors (Lipinski definition) is 2. The largest absolute Gasteiger partial charge is 0.416 e. The van der Waals surface area contributed by atoms with Gasteiger partial charge in [-0.3, -0.25) is 0 Å². The topological polar surface area (TPSA) is 32.3 Å². The van der Waals surface area contributed by atoms with Gasteiger partial charge in [-0.25, -0.2) is 0 Å². The van der Waals surface area contributed by atoms with Crippen LogP contribution in [0.2, 0.25) is 0 Å². The van der Waals surface area contributed by atoms with Gasteiger partial charge in [0.25, 0.3) is 0 Å². The van der Waals surface area contributed by atoms with E-state index in [-0.39, 0.29) is 0 Å². The molecule has 1 aliphatic carbocycles. The Morgan fingerprint density at radius 1 is 1.29 bits per heavy atom. The molecule has 0 amide bonds. The van der Waals surface area contributed by atoms with Crippen LogP contribution in [0.25, 0.3) is 0 Å². The van der Waals surface area contributed by atoms with Crippen molar-refractivity contribution < 1.29 is 18.3 Å². The first-order valence-corrected chi connectivity index (χ1v) is 5.53. The quantitative estimate of drug-likeness (QED) is 0.857. The Bertz CT molecular complexity index is 399. The molecule has 1 aromatic carbocycles. The normalized spacial score (nSPS) is 18.6. The molecule has 0 heterocycles. The van der Waals surface area contributed by atoms with Crippen LogP contribution >= 0.6 is 0 Å². The molecule has 0 aliphatic heterocycles. The summed E-state index contributed by atoms with van der Waals surface area (Å²) >= 11 is 0. The van der Waals surface area contributed by atoms with Crippen molar-refractivity contribution in [2.45, 2.75) is 31.0 Å². The van der Waals surface area contributed by atoms with E-state index >= 15 is 0 Å². The van der Waals surface area contributed by atoms with Gasteiger partial charge in [0, 0.05) is 12.2 Å². The minimum atomic E-state index is -4.33. The monoisotopic (exact) mass is 245 g/mol. The molecule has 0 aromatic heterocycles. The summed E-state index contributed by atoms with van der Waals surface area (Å²) in [6.07, 6.45) is -1.94. The van der Waals surface area contributed by atoms with Crippen molar-refractivity contribution in [1.82, 2.24) is 0 Å². The Labute approximate surface area is 97.5 Å². The van der Waals surface area contributed by atoms with E-state index in [9.17, 15) is 18.3 Å². The van der Waals surface area contributed by atoms with Gasteiger partial charge in [-0.1, -0.05) is 6.07 Å². The number of hydrogen-bond donors (Lipinski definition) is 2. The zero-order valence-corrected chi connectivity index (χ0v) is 9.22. The van der Waals surface area contributed by atoms with E-state index in [1.165, 1.54) is 6.07 Å². The predicted molar refractivity (Wildman–Crippen MR) is 58.7 cm³/mol. The van der Waals surface area contributed by atoms with Gasteiger partial charge in [-0.2, -0.15) is 13.2 Å². The van der Waals surface area contributed by atoms with E-state index in [0.29, 0.717) is 25.1 Å². The second kappa shape index (κ2) is 4.22. The average molecular weight is 245 g/mol. The summed E-state index contributed by atoms with van der Waals surface area (Å²) in [6, 6.07) is 5.01. The smallest absolute Gasteiger partial charge is 0.388 e. The minimum Gasteiger partial charge on any atom is -0.388 e. The predicted octanol–water partition coefficient (Wildman–Crippen LogP) is 3.03. The van der Waals surface area contributed by atoms with Gasteiger partial charge in [0.05, 0.1) is 11.2 Å². The van der Waals surface area contributed by atoms with E-state index in [1.807, 2.05) is 0 Å². The zero-order chi connectivity index (χ0) is 12.5. The van der Waals surface area contributed by atoms with Crippen LogP contribution < -0.4 is 5.32 Å². The molecule has 1 aromatic rings. The van der Waals surface area contributed by atoms with Gasteiger partial charge in [-0.05, 0) is 37.5 Å². The molecule has 94 valence electrons. The van der Waals surface area contributed by atoms with Crippen molar-refractivity contribution >= 4 is 5.69 Å². The summed E-state index contributed by atoms with van der Waals surface area (Å²) < 4.78 is 37.3. The molecule has 0 radical (unpaired) electrons. The summed E-state index contributed by atoms with van der Waals surface area (Å²) in [5.74, 6) is 0. The van der Waals surface area contributed by atoms with Crippen LogP contribution in [0.1, 0.15) is 24.8 Å². The van der Waals surface area contributed by atoms with E-state index < -0.39 is 17.3 Å². The third kappa shape index (κ3) is 2.91. The lowest BCUT2D eigenvalue weighted by Gasteiger charge is -2.36. The number of alkyl halides is 3. The molecule has 5 heteroatoms. The van der Waals surface area contributed by atoms with Crippen LogP contribution in [0.4, 0.5) is 18.9 Å². The Morgan fingerprint density at radius 3 is 2.53 bits per heavy atom. The fraction of sp³-hybridized carbons (Fsp3) is 0.500. The third-order valence-corrected chi connectivity index (χ3v) is 3.10. The highest BCUT2D eigenvalue weighted by Gasteiger charge is 2.34. The molecular formula is C12H14F3NO. The molecule has 2 N–H and O–H groups in total. The number of aliphatic hydroxyl groups is 1. The van der Waals surface area contributed by atoms with Crippen LogP contribution in [0.5, 0.6) is 0 Å². The molecular weight excluding hydrogens is 231 g/mol. The van der Waals surface area contributed by atoms with Crippen molar-refractivity contribution in [3.8, 4) is 0 Å². The van der Waals surface area contributed by atoms with E-state index in [2.05, 4.69) is 5.32 Å². The Morgan fingerprint density at radius 2 is 2.00 bits per heavy atom. The number of anilines is 1. The summed E-state index contributed by atoms with van der Waals surface area (Å²) in [6.45, 7) is 0.300. The van der Waals surface area contributed by atoms with Gasteiger partial charge in [-0.15, -0.1) is 0 Å². The molecule has 0 saturated heterocycles. The molecule has 0 atom stereocenters. The highest BCUT2D eigenvalue weighted by Crippen LogP contribution is 2.33. The minimum absolute atomic E-state index is 0.300. The fourth-order valence-corrected chi connectivity index (χ4v) is 1.83. The molecule has 2 nitrogen and oxygen atoms in total. The van der Waals surface area contributed by atoms with Crippen LogP contribution in [0, 0.1) is 0 Å². The highest BCUT2D eigenvalue weighted by atomic mass is 19.4. The van der Waals surface area contributed by atoms with Crippen LogP contribution in [0.3, 0.4) is 0 Å². The van der Waals surface area contributed by atoms with Crippen molar-refractivity contribution in [2.24, 2.45) is 0 Å². The number of rotatable bonds is 3. The maximum atomic E-state index is 12.4. The first kappa shape index (κ1) is 12.2. The molecule has 1 saturated carbocycles. The SMILES string of the molecule is OC1(CNc2cccc(C(F)(F)F)c2)CCC1. The lowest BCUT2D eigenvalue weighted by Crippen LogP contribution is -2.43. The first-order chi connectivity index (χ1) is 7.89. The van der Waals surface area contributed by atoms with E-state index in [0.717, 1.165) is 18.6 Å². The standard InChI is InChI=1S/C12H14F3NO/c13-12(14,15)9-3-1-4-10(7-9)16-8-11(17)5-2-6-11/h1,3-4,7,16-17H,2,5-6,8H2. The Kier molecular flexibility index (Phi) is 3.03. The summed E-state index contributed by atoms with van der Waals surface area (Å²) in [5.41, 5.74) is -1.03. The van der Waals surface area contributed by atoms with Gasteiger partial charge in [0.1, 0.15) is 0 Å². The number of nitrogens with one attached hydrogen (secondary N) is 1. The van der Waals surface area contributed by atoms with E-state index in [1.54, 1.807) is 6.07 Å². The molecule has 0 bridgehead atoms. The molecule has 1 fully saturated rings. The molecule has 1 aliphatic rings. The maximum absolute atomic E-state index is 12.4. The highest BCUT2D eigenvalue weighted by molar-refractivity contribution is 5.46. The van der Waals surface area contributed by atoms with Gasteiger partial charge >= 0.3 is 6.18 Å². The summed E-state index contributed by atoms with van der Waals surface area (Å²) in [4.78, 5) is 0. The van der Waals surface area contributed by atoms with E-state index in [4.69, 9.17) is 0 Å². The summed E-state index contributed by atoms with van der Waals surface area (Å²) in [7, 11) is 0. The van der Waals surface area contributed by atoms with Gasteiger partial charge < -0.3 is 10.4 Å². The summed E-state index contributed by atoms with van der Waals surface area (Å²) in [5, 5.41) is 12.7. The van der Waals surface area contributed by atoms with Crippen LogP contribution in [-0.2, 0) is 6.18 Å². The Balaban J connectivity index is 2.01. The van der Waals surface area contributed by atoms with Gasteiger partial charge in [0.15, 0.2) is 0 Å². The van der Waals surface area contributed by atoms with Gasteiger partial charge in [0.2, 0.25) is 0 Å². The van der Waals surface area contributed by atoms with Crippen LogP contribution in [-0.4, -0.2) is 17.3 Å². The van der Waals surface area contributed by atoms with Crippen molar-refractivity contribution in [1.29, 1.82) is 0 Å². The molecule has 0 unspecified atom stereocenters. The van der Waals surface area contributed by atoms with Crippen LogP contribution in [0.15, 0.2) is 24.3 Å². The second-order valence-electron chi connectivity index (χ2n) is 4.51. The second-order valence-corrected chi connectivity index (χ2v) is 4.51. The third-order valence-electron chi connectivity index (χ3n) is 3.10. The maximum Gasteiger partial charge on any atom is 0.416 e. The fourth-order valence-electron chi connectivity index (χ4n) is 1.83. The molecule has 17 heavy (non-hydrogen) atoms. The number of benzene rings is 1. The zero-order valence-electron chi connectivity index (χ0n) is 9.22. The molecule has 2 rings (SSSR count). The Hall–Kier alpha value is -1.23. The van der Waals surface area contributed by atoms with Crippen molar-refractivity contribution in [2.75, 3.05) is 11.9 Å².